The van der Waals surface area contributed by atoms with E-state index in [4.69, 9.17) is 10.5 Å². The van der Waals surface area contributed by atoms with Crippen LogP contribution in [0, 0.1) is 0 Å². The minimum atomic E-state index is -0.122. The maximum absolute atomic E-state index is 6.45. The molecular formula is C17H16BrNOS. The van der Waals surface area contributed by atoms with Crippen LogP contribution in [-0.2, 0) is 0 Å². The fraction of sp³-hybridized carbons (Fsp3) is 0.176. The van der Waals surface area contributed by atoms with Crippen molar-refractivity contribution in [2.75, 3.05) is 6.61 Å². The van der Waals surface area contributed by atoms with Crippen molar-refractivity contribution >= 4 is 37.4 Å². The molecule has 21 heavy (non-hydrogen) atoms. The molecule has 0 bridgehead atoms. The van der Waals surface area contributed by atoms with Crippen LogP contribution in [0.3, 0.4) is 0 Å². The number of hydrogen-bond donors (Lipinski definition) is 1. The van der Waals surface area contributed by atoms with E-state index in [2.05, 4.69) is 33.4 Å². The van der Waals surface area contributed by atoms with Crippen molar-refractivity contribution in [3.63, 3.8) is 0 Å². The van der Waals surface area contributed by atoms with Crippen LogP contribution in [-0.4, -0.2) is 6.61 Å². The molecule has 3 aromatic rings. The van der Waals surface area contributed by atoms with E-state index in [-0.39, 0.29) is 6.04 Å². The molecule has 0 spiro atoms. The van der Waals surface area contributed by atoms with Gasteiger partial charge in [-0.1, -0.05) is 24.3 Å². The summed E-state index contributed by atoms with van der Waals surface area (Å²) in [6.45, 7) is 2.66. The molecule has 0 aliphatic rings. The molecule has 0 amide bonds. The van der Waals surface area contributed by atoms with Gasteiger partial charge in [-0.05, 0) is 62.9 Å². The zero-order valence-corrected chi connectivity index (χ0v) is 14.1. The first kappa shape index (κ1) is 14.6. The zero-order valence-electron chi connectivity index (χ0n) is 11.7. The number of ether oxygens (including phenoxy) is 1. The highest BCUT2D eigenvalue weighted by Crippen LogP contribution is 2.36. The Balaban J connectivity index is 1.96. The van der Waals surface area contributed by atoms with E-state index in [9.17, 15) is 0 Å². The number of thiophene rings is 1. The van der Waals surface area contributed by atoms with Crippen molar-refractivity contribution in [3.05, 3.63) is 63.4 Å². The largest absolute Gasteiger partial charge is 0.494 e. The number of benzene rings is 2. The predicted octanol–water partition coefficient (Wildman–Crippen LogP) is 5.11. The SMILES string of the molecule is CCOc1ccc(C(N)c2csc3c(Br)cccc23)cc1. The summed E-state index contributed by atoms with van der Waals surface area (Å²) >= 11 is 5.32. The van der Waals surface area contributed by atoms with Crippen molar-refractivity contribution in [2.45, 2.75) is 13.0 Å². The lowest BCUT2D eigenvalue weighted by atomic mass is 9.99. The van der Waals surface area contributed by atoms with E-state index in [0.717, 1.165) is 15.8 Å². The minimum Gasteiger partial charge on any atom is -0.494 e. The first-order chi connectivity index (χ1) is 10.2. The Morgan fingerprint density at radius 2 is 1.95 bits per heavy atom. The quantitative estimate of drug-likeness (QED) is 0.700. The summed E-state index contributed by atoms with van der Waals surface area (Å²) in [7, 11) is 0. The third kappa shape index (κ3) is 2.84. The fourth-order valence-electron chi connectivity index (χ4n) is 2.40. The molecule has 1 atom stereocenters. The van der Waals surface area contributed by atoms with Gasteiger partial charge in [0.05, 0.1) is 12.6 Å². The van der Waals surface area contributed by atoms with Gasteiger partial charge in [-0.15, -0.1) is 11.3 Å². The highest BCUT2D eigenvalue weighted by Gasteiger charge is 2.15. The smallest absolute Gasteiger partial charge is 0.119 e. The Hall–Kier alpha value is -1.36. The predicted molar refractivity (Wildman–Crippen MR) is 93.2 cm³/mol. The monoisotopic (exact) mass is 361 g/mol. The number of nitrogens with two attached hydrogens (primary N) is 1. The Labute approximate surface area is 136 Å². The van der Waals surface area contributed by atoms with Gasteiger partial charge in [0, 0.05) is 9.17 Å². The molecule has 108 valence electrons. The topological polar surface area (TPSA) is 35.2 Å². The molecule has 2 nitrogen and oxygen atoms in total. The molecule has 0 aliphatic heterocycles. The van der Waals surface area contributed by atoms with Crippen LogP contribution in [0.5, 0.6) is 5.75 Å². The summed E-state index contributed by atoms with van der Waals surface area (Å²) in [5.41, 5.74) is 8.71. The summed E-state index contributed by atoms with van der Waals surface area (Å²) in [4.78, 5) is 0. The number of halogens is 1. The second kappa shape index (κ2) is 6.18. The Morgan fingerprint density at radius 1 is 1.19 bits per heavy atom. The van der Waals surface area contributed by atoms with E-state index in [0.29, 0.717) is 6.61 Å². The van der Waals surface area contributed by atoms with E-state index >= 15 is 0 Å². The maximum atomic E-state index is 6.45. The average Bonchev–Trinajstić information content (AvgIpc) is 2.93. The number of rotatable bonds is 4. The second-order valence-corrected chi connectivity index (χ2v) is 6.52. The van der Waals surface area contributed by atoms with Gasteiger partial charge in [-0.25, -0.2) is 0 Å². The number of hydrogen-bond acceptors (Lipinski definition) is 3. The molecular weight excluding hydrogens is 346 g/mol. The van der Waals surface area contributed by atoms with Gasteiger partial charge in [0.25, 0.3) is 0 Å². The van der Waals surface area contributed by atoms with Crippen LogP contribution in [0.2, 0.25) is 0 Å². The van der Waals surface area contributed by atoms with Crippen molar-refractivity contribution in [1.29, 1.82) is 0 Å². The van der Waals surface area contributed by atoms with Crippen LogP contribution in [0.1, 0.15) is 24.1 Å². The summed E-state index contributed by atoms with van der Waals surface area (Å²) in [5.74, 6) is 0.881. The van der Waals surface area contributed by atoms with Gasteiger partial charge in [-0.2, -0.15) is 0 Å². The van der Waals surface area contributed by atoms with E-state index < -0.39 is 0 Å². The summed E-state index contributed by atoms with van der Waals surface area (Å²) in [5, 5.41) is 3.37. The molecule has 3 rings (SSSR count). The third-order valence-corrected chi connectivity index (χ3v) is 5.44. The maximum Gasteiger partial charge on any atom is 0.119 e. The Bertz CT molecular complexity index is 751. The normalized spacial score (nSPS) is 12.5. The highest BCUT2D eigenvalue weighted by molar-refractivity contribution is 9.10. The molecule has 0 radical (unpaired) electrons. The van der Waals surface area contributed by atoms with Crippen LogP contribution >= 0.6 is 27.3 Å². The molecule has 0 saturated heterocycles. The fourth-order valence-corrected chi connectivity index (χ4v) is 4.06. The standard InChI is InChI=1S/C17H16BrNOS/c1-2-20-12-8-6-11(7-9-12)16(19)14-10-21-17-13(14)4-3-5-15(17)18/h3-10,16H,2,19H2,1H3. The lowest BCUT2D eigenvalue weighted by Crippen LogP contribution is -2.11. The van der Waals surface area contributed by atoms with Gasteiger partial charge in [0.15, 0.2) is 0 Å². The Kier molecular flexibility index (Phi) is 4.29. The molecule has 1 heterocycles. The van der Waals surface area contributed by atoms with Crippen molar-refractivity contribution < 1.29 is 4.74 Å². The van der Waals surface area contributed by atoms with E-state index in [1.165, 1.54) is 15.6 Å². The molecule has 1 unspecified atom stereocenters. The molecule has 0 aliphatic carbocycles. The zero-order chi connectivity index (χ0) is 14.8. The summed E-state index contributed by atoms with van der Waals surface area (Å²) in [6.07, 6.45) is 0. The molecule has 0 saturated carbocycles. The molecule has 2 N–H and O–H groups in total. The molecule has 2 aromatic carbocycles. The lowest BCUT2D eigenvalue weighted by molar-refractivity contribution is 0.340. The van der Waals surface area contributed by atoms with Gasteiger partial charge < -0.3 is 10.5 Å². The minimum absolute atomic E-state index is 0.122. The highest BCUT2D eigenvalue weighted by atomic mass is 79.9. The average molecular weight is 362 g/mol. The first-order valence-corrected chi connectivity index (χ1v) is 8.52. The molecule has 0 fully saturated rings. The van der Waals surface area contributed by atoms with Crippen LogP contribution in [0.4, 0.5) is 0 Å². The van der Waals surface area contributed by atoms with Crippen LogP contribution < -0.4 is 10.5 Å². The third-order valence-electron chi connectivity index (χ3n) is 3.47. The van der Waals surface area contributed by atoms with Crippen molar-refractivity contribution in [3.8, 4) is 5.75 Å². The van der Waals surface area contributed by atoms with Crippen molar-refractivity contribution in [2.24, 2.45) is 5.73 Å². The van der Waals surface area contributed by atoms with Crippen LogP contribution in [0.25, 0.3) is 10.1 Å². The van der Waals surface area contributed by atoms with E-state index in [1.54, 1.807) is 11.3 Å². The van der Waals surface area contributed by atoms with Crippen molar-refractivity contribution in [1.82, 2.24) is 0 Å². The van der Waals surface area contributed by atoms with Gasteiger partial charge in [0.2, 0.25) is 0 Å². The Morgan fingerprint density at radius 3 is 2.67 bits per heavy atom. The van der Waals surface area contributed by atoms with E-state index in [1.807, 2.05) is 37.3 Å². The van der Waals surface area contributed by atoms with Crippen LogP contribution in [0.15, 0.2) is 52.3 Å². The second-order valence-electron chi connectivity index (χ2n) is 4.79. The van der Waals surface area contributed by atoms with Gasteiger partial charge >= 0.3 is 0 Å². The van der Waals surface area contributed by atoms with Gasteiger partial charge in [0.1, 0.15) is 5.75 Å². The first-order valence-electron chi connectivity index (χ1n) is 6.84. The number of fused-ring (bicyclic) bond motifs is 1. The lowest BCUT2D eigenvalue weighted by Gasteiger charge is -2.12. The van der Waals surface area contributed by atoms with Gasteiger partial charge in [-0.3, -0.25) is 0 Å². The summed E-state index contributed by atoms with van der Waals surface area (Å²) < 4.78 is 7.84. The summed E-state index contributed by atoms with van der Waals surface area (Å²) in [6, 6.07) is 14.1. The molecule has 1 aromatic heterocycles. The molecule has 4 heteroatoms.